The molecule has 0 N–H and O–H groups in total. The van der Waals surface area contributed by atoms with E-state index < -0.39 is 0 Å². The quantitative estimate of drug-likeness (QED) is 0.381. The van der Waals surface area contributed by atoms with Crippen LogP contribution in [0.25, 0.3) is 0 Å². The molecule has 1 saturated heterocycles. The van der Waals surface area contributed by atoms with Gasteiger partial charge < -0.3 is 4.90 Å². The summed E-state index contributed by atoms with van der Waals surface area (Å²) in [6, 6.07) is 8.99. The highest BCUT2D eigenvalue weighted by atomic mass is 16.1. The average Bonchev–Trinajstić information content (AvgIpc) is 2.93. The number of Topliss-reactive ketones (excluding diaryl/α,β-unsaturated/α-hetero) is 2. The van der Waals surface area contributed by atoms with Crippen LogP contribution in [0.3, 0.4) is 0 Å². The molecule has 174 valence electrons. The Hall–Kier alpha value is -1.90. The van der Waals surface area contributed by atoms with Gasteiger partial charge in [0.25, 0.3) is 0 Å². The van der Waals surface area contributed by atoms with E-state index in [0.29, 0.717) is 36.2 Å². The summed E-state index contributed by atoms with van der Waals surface area (Å²) in [6.07, 6.45) is 8.78. The van der Waals surface area contributed by atoms with Crippen LogP contribution in [0.1, 0.15) is 90.0 Å². The van der Waals surface area contributed by atoms with Crippen molar-refractivity contribution in [2.45, 2.75) is 84.5 Å². The van der Waals surface area contributed by atoms with Crippen LogP contribution in [0.15, 0.2) is 36.4 Å². The molecule has 3 heteroatoms. The molecule has 32 heavy (non-hydrogen) atoms. The van der Waals surface area contributed by atoms with E-state index in [2.05, 4.69) is 56.5 Å². The molecular weight excluding hydrogens is 394 g/mol. The minimum atomic E-state index is 0.106. The van der Waals surface area contributed by atoms with Crippen molar-refractivity contribution in [3.05, 3.63) is 42.0 Å². The van der Waals surface area contributed by atoms with Crippen molar-refractivity contribution in [2.24, 2.45) is 23.2 Å². The Morgan fingerprint density at radius 3 is 2.38 bits per heavy atom. The smallest absolute Gasteiger partial charge is 0.136 e. The first-order chi connectivity index (χ1) is 15.2. The van der Waals surface area contributed by atoms with Crippen molar-refractivity contribution in [1.82, 2.24) is 0 Å². The number of rotatable bonds is 5. The van der Waals surface area contributed by atoms with Crippen LogP contribution in [0, 0.1) is 23.2 Å². The van der Waals surface area contributed by atoms with E-state index >= 15 is 0 Å². The van der Waals surface area contributed by atoms with Gasteiger partial charge in [0.05, 0.1) is 0 Å². The highest BCUT2D eigenvalue weighted by Gasteiger charge is 2.36. The van der Waals surface area contributed by atoms with Gasteiger partial charge in [0, 0.05) is 49.9 Å². The van der Waals surface area contributed by atoms with E-state index in [1.807, 2.05) is 0 Å². The van der Waals surface area contributed by atoms with Crippen LogP contribution >= 0.6 is 0 Å². The Labute approximate surface area is 194 Å². The Balaban J connectivity index is 1.26. The van der Waals surface area contributed by atoms with E-state index in [0.717, 1.165) is 56.2 Å². The predicted molar refractivity (Wildman–Crippen MR) is 132 cm³/mol. The van der Waals surface area contributed by atoms with Crippen molar-refractivity contribution < 1.29 is 9.59 Å². The molecule has 4 rings (SSSR count). The first-order valence-corrected chi connectivity index (χ1v) is 12.8. The van der Waals surface area contributed by atoms with E-state index in [4.69, 9.17) is 0 Å². The monoisotopic (exact) mass is 435 g/mol. The maximum absolute atomic E-state index is 12.7. The standard InChI is InChI=1S/C29H41NO2/c1-20-16-26(31)14-15-27(20)22-10-12-25(13-11-22)30-18-24(19-30)21-6-5-7-23(9-8-21)28(32)17-29(2,3)4/h10-13,21,23-24,27H,1,5-9,14-19H2,2-4H3. The van der Waals surface area contributed by atoms with E-state index in [-0.39, 0.29) is 5.41 Å². The second-order valence-corrected chi connectivity index (χ2v) is 11.9. The van der Waals surface area contributed by atoms with E-state index in [1.54, 1.807) is 0 Å². The van der Waals surface area contributed by atoms with Crippen LogP contribution in [0.4, 0.5) is 5.69 Å². The number of carbonyl (C=O) groups excluding carboxylic acids is 2. The summed E-state index contributed by atoms with van der Waals surface area (Å²) in [6.45, 7) is 13.0. The lowest BCUT2D eigenvalue weighted by atomic mass is 9.79. The molecule has 1 aromatic rings. The van der Waals surface area contributed by atoms with Gasteiger partial charge in [-0.3, -0.25) is 9.59 Å². The molecule has 1 heterocycles. The largest absolute Gasteiger partial charge is 0.371 e. The third-order valence-electron chi connectivity index (χ3n) is 8.04. The molecule has 3 nitrogen and oxygen atoms in total. The van der Waals surface area contributed by atoms with Gasteiger partial charge in [-0.25, -0.2) is 0 Å². The number of anilines is 1. The van der Waals surface area contributed by atoms with Crippen LogP contribution in [-0.4, -0.2) is 24.7 Å². The number of nitrogens with zero attached hydrogens (tertiary/aromatic N) is 1. The summed E-state index contributed by atoms with van der Waals surface area (Å²) in [5.41, 5.74) is 3.80. The van der Waals surface area contributed by atoms with E-state index in [1.165, 1.54) is 30.5 Å². The molecule has 3 atom stereocenters. The van der Waals surface area contributed by atoms with E-state index in [9.17, 15) is 9.59 Å². The molecule has 1 aromatic carbocycles. The molecule has 3 unspecified atom stereocenters. The van der Waals surface area contributed by atoms with Crippen LogP contribution in [-0.2, 0) is 9.59 Å². The third kappa shape index (κ3) is 5.53. The Morgan fingerprint density at radius 2 is 1.72 bits per heavy atom. The lowest BCUT2D eigenvalue weighted by Gasteiger charge is -2.45. The number of carbonyl (C=O) groups is 2. The zero-order valence-corrected chi connectivity index (χ0v) is 20.4. The minimum absolute atomic E-state index is 0.106. The Kier molecular flexibility index (Phi) is 6.93. The lowest BCUT2D eigenvalue weighted by molar-refractivity contribution is -0.125. The second-order valence-electron chi connectivity index (χ2n) is 11.9. The molecule has 0 spiro atoms. The fourth-order valence-corrected chi connectivity index (χ4v) is 6.11. The van der Waals surface area contributed by atoms with Crippen LogP contribution in [0.2, 0.25) is 0 Å². The molecule has 0 aromatic heterocycles. The number of hydrogen-bond donors (Lipinski definition) is 0. The molecule has 2 saturated carbocycles. The van der Waals surface area contributed by atoms with Gasteiger partial charge in [-0.1, -0.05) is 57.9 Å². The zero-order chi connectivity index (χ0) is 22.9. The fraction of sp³-hybridized carbons (Fsp3) is 0.655. The first kappa shape index (κ1) is 23.3. The predicted octanol–water partition coefficient (Wildman–Crippen LogP) is 6.72. The summed E-state index contributed by atoms with van der Waals surface area (Å²) < 4.78 is 0. The summed E-state index contributed by atoms with van der Waals surface area (Å²) in [5, 5.41) is 0. The van der Waals surface area contributed by atoms with Crippen LogP contribution < -0.4 is 4.90 Å². The molecule has 3 aliphatic rings. The normalized spacial score (nSPS) is 27.7. The summed E-state index contributed by atoms with van der Waals surface area (Å²) in [7, 11) is 0. The maximum Gasteiger partial charge on any atom is 0.136 e. The van der Waals surface area contributed by atoms with Gasteiger partial charge >= 0.3 is 0 Å². The SMILES string of the molecule is C=C1CC(=O)CCC1c1ccc(N2CC(C3CCCC(C(=O)CC(C)(C)C)CC3)C2)cc1. The molecule has 1 aliphatic heterocycles. The van der Waals surface area contributed by atoms with Gasteiger partial charge in [0.1, 0.15) is 11.6 Å². The molecule has 0 bridgehead atoms. The van der Waals surface area contributed by atoms with Crippen molar-refractivity contribution in [2.75, 3.05) is 18.0 Å². The van der Waals surface area contributed by atoms with Crippen molar-refractivity contribution in [3.8, 4) is 0 Å². The highest BCUT2D eigenvalue weighted by Crippen LogP contribution is 2.40. The summed E-state index contributed by atoms with van der Waals surface area (Å²) in [5.74, 6) is 3.02. The Morgan fingerprint density at radius 1 is 1.00 bits per heavy atom. The lowest BCUT2D eigenvalue weighted by Crippen LogP contribution is -2.50. The number of allylic oxidation sites excluding steroid dienone is 1. The third-order valence-corrected chi connectivity index (χ3v) is 8.04. The van der Waals surface area contributed by atoms with Gasteiger partial charge in [-0.15, -0.1) is 0 Å². The molecule has 2 aliphatic carbocycles. The van der Waals surface area contributed by atoms with Crippen molar-refractivity contribution in [1.29, 1.82) is 0 Å². The van der Waals surface area contributed by atoms with Crippen LogP contribution in [0.5, 0.6) is 0 Å². The maximum atomic E-state index is 12.7. The number of hydrogen-bond acceptors (Lipinski definition) is 3. The molecule has 3 fully saturated rings. The van der Waals surface area contributed by atoms with Gasteiger partial charge in [0.2, 0.25) is 0 Å². The Bertz CT molecular complexity index is 841. The summed E-state index contributed by atoms with van der Waals surface area (Å²) >= 11 is 0. The first-order valence-electron chi connectivity index (χ1n) is 12.8. The number of benzene rings is 1. The second kappa shape index (κ2) is 9.53. The average molecular weight is 436 g/mol. The molecular formula is C29H41NO2. The fourth-order valence-electron chi connectivity index (χ4n) is 6.11. The highest BCUT2D eigenvalue weighted by molar-refractivity contribution is 5.82. The number of ketones is 2. The van der Waals surface area contributed by atoms with Crippen molar-refractivity contribution in [3.63, 3.8) is 0 Å². The topological polar surface area (TPSA) is 37.4 Å². The van der Waals surface area contributed by atoms with Gasteiger partial charge in [0.15, 0.2) is 0 Å². The molecule has 0 amide bonds. The zero-order valence-electron chi connectivity index (χ0n) is 20.4. The van der Waals surface area contributed by atoms with Gasteiger partial charge in [-0.05, 0) is 60.6 Å². The molecule has 0 radical (unpaired) electrons. The van der Waals surface area contributed by atoms with Crippen molar-refractivity contribution >= 4 is 17.3 Å². The van der Waals surface area contributed by atoms with Gasteiger partial charge in [-0.2, -0.15) is 0 Å². The minimum Gasteiger partial charge on any atom is -0.371 e. The summed E-state index contributed by atoms with van der Waals surface area (Å²) in [4.78, 5) is 26.9.